The molecule has 8 heteroatoms. The maximum absolute atomic E-state index is 12.9. The number of aromatic nitrogens is 2. The highest BCUT2D eigenvalue weighted by molar-refractivity contribution is 5.80. The number of benzene rings is 1. The van der Waals surface area contributed by atoms with Crippen LogP contribution >= 0.6 is 0 Å². The number of halogens is 3. The molecule has 0 spiro atoms. The molecule has 0 atom stereocenters. The molecule has 2 rings (SSSR count). The smallest absolute Gasteiger partial charge is 0.298 e. The van der Waals surface area contributed by atoms with E-state index in [4.69, 9.17) is 0 Å². The molecule has 0 unspecified atom stereocenters. The Kier molecular flexibility index (Phi) is 4.63. The first kappa shape index (κ1) is 16.9. The lowest BCUT2D eigenvalue weighted by Gasteiger charge is -2.15. The number of anilines is 1. The van der Waals surface area contributed by atoms with Gasteiger partial charge in [0.15, 0.2) is 0 Å². The summed E-state index contributed by atoms with van der Waals surface area (Å²) in [4.78, 5) is 12.0. The summed E-state index contributed by atoms with van der Waals surface area (Å²) < 4.78 is 40.3. The quantitative estimate of drug-likeness (QED) is 0.850. The molecule has 0 bridgehead atoms. The lowest BCUT2D eigenvalue weighted by atomic mass is 10.1. The number of aryl methyl sites for hydroxylation is 2. The van der Waals surface area contributed by atoms with E-state index >= 15 is 0 Å². The van der Waals surface area contributed by atoms with Gasteiger partial charge in [0.1, 0.15) is 0 Å². The van der Waals surface area contributed by atoms with Crippen LogP contribution in [-0.4, -0.2) is 15.7 Å². The number of rotatable bonds is 4. The average Bonchev–Trinajstić information content (AvgIpc) is 2.71. The number of nitrogens with zero attached hydrogens (tertiary/aromatic N) is 2. The normalized spacial score (nSPS) is 11.4. The molecule has 5 nitrogen and oxygen atoms in total. The molecule has 0 fully saturated rings. The molecule has 1 amide bonds. The van der Waals surface area contributed by atoms with Gasteiger partial charge in [-0.05, 0) is 26.0 Å². The van der Waals surface area contributed by atoms with Crippen LogP contribution in [0.1, 0.15) is 22.5 Å². The van der Waals surface area contributed by atoms with Crippen molar-refractivity contribution in [2.24, 2.45) is 7.05 Å². The highest BCUT2D eigenvalue weighted by atomic mass is 19.4. The summed E-state index contributed by atoms with van der Waals surface area (Å²) >= 11 is 0. The third-order valence-corrected chi connectivity index (χ3v) is 3.57. The second kappa shape index (κ2) is 6.31. The topological polar surface area (TPSA) is 59.0 Å². The number of nitrogens with one attached hydrogen (secondary N) is 2. The second-order valence-corrected chi connectivity index (χ2v) is 5.17. The number of hydrogen-bond acceptors (Lipinski definition) is 3. The third-order valence-electron chi connectivity index (χ3n) is 3.57. The summed E-state index contributed by atoms with van der Waals surface area (Å²) in [5, 5.41) is 4.20. The Morgan fingerprint density at radius 1 is 1.26 bits per heavy atom. The van der Waals surface area contributed by atoms with Gasteiger partial charge in [-0.1, -0.05) is 12.1 Å². The van der Waals surface area contributed by atoms with E-state index in [9.17, 15) is 18.0 Å². The summed E-state index contributed by atoms with van der Waals surface area (Å²) in [5.74, 6) is -0.443. The largest absolute Gasteiger partial charge is 0.418 e. The van der Waals surface area contributed by atoms with Crippen LogP contribution in [0.5, 0.6) is 0 Å². The van der Waals surface area contributed by atoms with Gasteiger partial charge in [0, 0.05) is 18.3 Å². The van der Waals surface area contributed by atoms with Gasteiger partial charge in [-0.25, -0.2) is 0 Å². The van der Waals surface area contributed by atoms with Crippen LogP contribution < -0.4 is 10.9 Å². The minimum atomic E-state index is -4.50. The van der Waals surface area contributed by atoms with Gasteiger partial charge in [-0.2, -0.15) is 18.3 Å². The number of para-hydroxylation sites is 1. The summed E-state index contributed by atoms with van der Waals surface area (Å²) in [5.41, 5.74) is 5.92. The van der Waals surface area contributed by atoms with Crippen LogP contribution in [0.2, 0.25) is 0 Å². The monoisotopic (exact) mass is 326 g/mol. The lowest BCUT2D eigenvalue weighted by molar-refractivity contribution is -0.137. The first-order chi connectivity index (χ1) is 10.7. The number of amides is 1. The van der Waals surface area contributed by atoms with Gasteiger partial charge in [0.2, 0.25) is 5.91 Å². The van der Waals surface area contributed by atoms with Crippen LogP contribution in [0.25, 0.3) is 0 Å². The summed E-state index contributed by atoms with van der Waals surface area (Å²) in [6.07, 6.45) is -4.46. The number of carbonyl (C=O) groups excluding carboxylic acids is 1. The van der Waals surface area contributed by atoms with E-state index in [1.54, 1.807) is 18.7 Å². The average molecular weight is 326 g/mol. The van der Waals surface area contributed by atoms with Gasteiger partial charge in [0.25, 0.3) is 0 Å². The zero-order chi connectivity index (χ0) is 17.2. The van der Waals surface area contributed by atoms with Crippen molar-refractivity contribution >= 4 is 11.6 Å². The van der Waals surface area contributed by atoms with E-state index < -0.39 is 17.6 Å². The Labute approximate surface area is 131 Å². The molecule has 0 saturated carbocycles. The fourth-order valence-corrected chi connectivity index (χ4v) is 2.25. The van der Waals surface area contributed by atoms with E-state index in [-0.39, 0.29) is 12.1 Å². The number of hydrazine groups is 1. The molecule has 0 aliphatic carbocycles. The molecule has 2 aromatic rings. The Bertz CT molecular complexity index is 722. The van der Waals surface area contributed by atoms with Crippen molar-refractivity contribution < 1.29 is 18.0 Å². The highest BCUT2D eigenvalue weighted by Gasteiger charge is 2.33. The number of hydrogen-bond donors (Lipinski definition) is 2. The molecule has 0 aliphatic heterocycles. The van der Waals surface area contributed by atoms with Crippen molar-refractivity contribution in [1.29, 1.82) is 0 Å². The highest BCUT2D eigenvalue weighted by Crippen LogP contribution is 2.34. The summed E-state index contributed by atoms with van der Waals surface area (Å²) in [6.45, 7) is 3.61. The maximum atomic E-state index is 12.9. The van der Waals surface area contributed by atoms with Crippen molar-refractivity contribution in [3.8, 4) is 0 Å². The minimum Gasteiger partial charge on any atom is -0.298 e. The molecule has 1 aromatic carbocycles. The van der Waals surface area contributed by atoms with Crippen LogP contribution in [0.3, 0.4) is 0 Å². The first-order valence-electron chi connectivity index (χ1n) is 6.90. The van der Waals surface area contributed by atoms with E-state index in [1.807, 2.05) is 6.92 Å². The van der Waals surface area contributed by atoms with Crippen molar-refractivity contribution in [3.05, 3.63) is 46.8 Å². The molecular weight excluding hydrogens is 309 g/mol. The molecule has 1 aromatic heterocycles. The Balaban J connectivity index is 2.06. The molecule has 23 heavy (non-hydrogen) atoms. The number of carbonyl (C=O) groups is 1. The van der Waals surface area contributed by atoms with Crippen molar-refractivity contribution in [3.63, 3.8) is 0 Å². The summed E-state index contributed by atoms with van der Waals surface area (Å²) in [7, 11) is 1.77. The third kappa shape index (κ3) is 3.82. The Morgan fingerprint density at radius 2 is 1.91 bits per heavy atom. The van der Waals surface area contributed by atoms with Crippen LogP contribution in [0.15, 0.2) is 24.3 Å². The molecule has 0 radical (unpaired) electrons. The molecule has 0 saturated heterocycles. The van der Waals surface area contributed by atoms with E-state index in [2.05, 4.69) is 16.0 Å². The van der Waals surface area contributed by atoms with Crippen LogP contribution in [-0.2, 0) is 24.4 Å². The number of alkyl halides is 3. The van der Waals surface area contributed by atoms with E-state index in [0.717, 1.165) is 23.0 Å². The van der Waals surface area contributed by atoms with E-state index in [1.165, 1.54) is 18.2 Å². The van der Waals surface area contributed by atoms with Gasteiger partial charge < -0.3 is 0 Å². The molecule has 124 valence electrons. The van der Waals surface area contributed by atoms with Gasteiger partial charge in [-0.15, -0.1) is 0 Å². The first-order valence-corrected chi connectivity index (χ1v) is 6.90. The molecule has 0 aliphatic rings. The zero-order valence-electron chi connectivity index (χ0n) is 13.0. The van der Waals surface area contributed by atoms with Crippen LogP contribution in [0.4, 0.5) is 18.9 Å². The van der Waals surface area contributed by atoms with Gasteiger partial charge in [-0.3, -0.25) is 20.3 Å². The summed E-state index contributed by atoms with van der Waals surface area (Å²) in [6, 6.07) is 4.95. The van der Waals surface area contributed by atoms with E-state index in [0.29, 0.717) is 0 Å². The Morgan fingerprint density at radius 3 is 2.48 bits per heavy atom. The van der Waals surface area contributed by atoms with Crippen molar-refractivity contribution in [1.82, 2.24) is 15.2 Å². The van der Waals surface area contributed by atoms with Crippen molar-refractivity contribution in [2.45, 2.75) is 26.4 Å². The Hall–Kier alpha value is -2.51. The zero-order valence-corrected chi connectivity index (χ0v) is 13.0. The predicted octanol–water partition coefficient (Wildman–Crippen LogP) is 2.74. The fourth-order valence-electron chi connectivity index (χ4n) is 2.25. The van der Waals surface area contributed by atoms with Crippen molar-refractivity contribution in [2.75, 3.05) is 5.43 Å². The minimum absolute atomic E-state index is 0.0344. The predicted molar refractivity (Wildman–Crippen MR) is 79.6 cm³/mol. The van der Waals surface area contributed by atoms with Gasteiger partial charge in [0.05, 0.1) is 23.4 Å². The molecule has 1 heterocycles. The second-order valence-electron chi connectivity index (χ2n) is 5.17. The molecule has 2 N–H and O–H groups in total. The standard InChI is InChI=1S/C15H17F3N4O/c1-9-11(10(2)22(3)21-9)8-14(23)20-19-13-7-5-4-6-12(13)15(16,17)18/h4-7,19H,8H2,1-3H3,(H,20,23). The van der Waals surface area contributed by atoms with Crippen LogP contribution in [0, 0.1) is 13.8 Å². The van der Waals surface area contributed by atoms with Gasteiger partial charge >= 0.3 is 6.18 Å². The lowest BCUT2D eigenvalue weighted by Crippen LogP contribution is -2.32. The SMILES string of the molecule is Cc1nn(C)c(C)c1CC(=O)NNc1ccccc1C(F)(F)F. The maximum Gasteiger partial charge on any atom is 0.418 e. The fraction of sp³-hybridized carbons (Fsp3) is 0.333. The molecular formula is C15H17F3N4O.